The molecule has 3 heterocycles. The number of carbonyl (C=O) groups is 1. The molecule has 41 heavy (non-hydrogen) atoms. The van der Waals surface area contributed by atoms with Crippen molar-refractivity contribution in [2.75, 3.05) is 30.6 Å². The summed E-state index contributed by atoms with van der Waals surface area (Å²) in [6.07, 6.45) is 6.89. The monoisotopic (exact) mass is 570 g/mol. The van der Waals surface area contributed by atoms with E-state index in [1.807, 2.05) is 33.9 Å². The molecule has 4 atom stereocenters. The van der Waals surface area contributed by atoms with E-state index in [9.17, 15) is 4.79 Å². The second kappa shape index (κ2) is 11.5. The van der Waals surface area contributed by atoms with E-state index in [2.05, 4.69) is 47.1 Å². The molecule has 0 aliphatic carbocycles. The van der Waals surface area contributed by atoms with Crippen LogP contribution in [-0.2, 0) is 11.2 Å². The maximum atomic E-state index is 14.3. The second-order valence-corrected chi connectivity index (χ2v) is 10.8. The zero-order valence-corrected chi connectivity index (χ0v) is 24.3. The van der Waals surface area contributed by atoms with Gasteiger partial charge in [-0.2, -0.15) is 0 Å². The minimum absolute atomic E-state index is 0.143. The summed E-state index contributed by atoms with van der Waals surface area (Å²) < 4.78 is 19.5. The molecule has 2 aliphatic heterocycles. The van der Waals surface area contributed by atoms with Crippen molar-refractivity contribution in [3.63, 3.8) is 0 Å². The van der Waals surface area contributed by atoms with Gasteiger partial charge in [-0.1, -0.05) is 36.4 Å². The second-order valence-electron chi connectivity index (χ2n) is 10.4. The number of anilines is 2. The van der Waals surface area contributed by atoms with E-state index in [-0.39, 0.29) is 18.0 Å². The number of methoxy groups -OCH3 is 2. The largest absolute Gasteiger partial charge is 0.493 e. The van der Waals surface area contributed by atoms with E-state index < -0.39 is 11.7 Å². The summed E-state index contributed by atoms with van der Waals surface area (Å²) in [5.41, 5.74) is 4.34. The first-order valence-electron chi connectivity index (χ1n) is 13.8. The SMILES string of the molecule is COc1ccc(C(=O)N2c3ccccc3C(N3CCCc4ccccc43)C(OC(S)n3ccnc3)C2C)cc1OC. The zero-order chi connectivity index (χ0) is 28.5. The van der Waals surface area contributed by atoms with Gasteiger partial charge in [0.15, 0.2) is 17.1 Å². The molecule has 0 bridgehead atoms. The van der Waals surface area contributed by atoms with Crippen molar-refractivity contribution in [3.05, 3.63) is 102 Å². The minimum atomic E-state index is -0.587. The lowest BCUT2D eigenvalue weighted by Gasteiger charge is -2.50. The van der Waals surface area contributed by atoms with Crippen molar-refractivity contribution in [2.45, 2.75) is 43.5 Å². The number of carbonyl (C=O) groups excluding carboxylic acids is 1. The molecule has 9 heteroatoms. The summed E-state index contributed by atoms with van der Waals surface area (Å²) in [4.78, 5) is 22.8. The Morgan fingerprint density at radius 1 is 1.00 bits per heavy atom. The fraction of sp³-hybridized carbons (Fsp3) is 0.312. The van der Waals surface area contributed by atoms with Crippen LogP contribution in [0, 0.1) is 0 Å². The van der Waals surface area contributed by atoms with Gasteiger partial charge in [-0.15, -0.1) is 12.6 Å². The summed E-state index contributed by atoms with van der Waals surface area (Å²) in [6.45, 7) is 2.94. The predicted molar refractivity (Wildman–Crippen MR) is 162 cm³/mol. The Hall–Kier alpha value is -3.95. The third-order valence-electron chi connectivity index (χ3n) is 8.10. The van der Waals surface area contributed by atoms with Crippen LogP contribution in [0.2, 0.25) is 0 Å². The van der Waals surface area contributed by atoms with Gasteiger partial charge in [0.25, 0.3) is 5.91 Å². The van der Waals surface area contributed by atoms with Crippen LogP contribution in [0.1, 0.15) is 46.4 Å². The molecule has 0 spiro atoms. The lowest BCUT2D eigenvalue weighted by molar-refractivity contribution is -0.0297. The Balaban J connectivity index is 1.47. The quantitative estimate of drug-likeness (QED) is 0.220. The third kappa shape index (κ3) is 4.93. The number of aryl methyl sites for hydroxylation is 1. The van der Waals surface area contributed by atoms with Gasteiger partial charge in [0, 0.05) is 41.4 Å². The molecule has 4 aromatic rings. The molecule has 1 amide bonds. The smallest absolute Gasteiger partial charge is 0.258 e. The van der Waals surface area contributed by atoms with E-state index in [4.69, 9.17) is 26.8 Å². The van der Waals surface area contributed by atoms with Crippen LogP contribution in [-0.4, -0.2) is 48.4 Å². The maximum Gasteiger partial charge on any atom is 0.258 e. The Bertz CT molecular complexity index is 1530. The number of ether oxygens (including phenoxy) is 3. The molecule has 0 N–H and O–H groups in total. The van der Waals surface area contributed by atoms with Gasteiger partial charge < -0.3 is 28.6 Å². The number of hydrogen-bond donors (Lipinski definition) is 1. The van der Waals surface area contributed by atoms with Crippen LogP contribution in [0.15, 0.2) is 85.5 Å². The molecule has 3 aromatic carbocycles. The zero-order valence-electron chi connectivity index (χ0n) is 23.4. The number of hydrogen-bond acceptors (Lipinski definition) is 7. The van der Waals surface area contributed by atoms with Crippen molar-refractivity contribution in [2.24, 2.45) is 0 Å². The standard InChI is InChI=1S/C32H34N4O4S/c1-21-30(40-32(41)34-18-16-33-20-34)29(35-17-8-10-22-9-4-6-12-25(22)35)24-11-5-7-13-26(24)36(21)31(37)23-14-15-27(38-2)28(19-23)39-3/h4-7,9,11-16,18-21,29-30,32,41H,8,10,17H2,1-3H3. The topological polar surface area (TPSA) is 69.1 Å². The fourth-order valence-electron chi connectivity index (χ4n) is 6.16. The van der Waals surface area contributed by atoms with E-state index in [1.54, 1.807) is 44.9 Å². The molecular weight excluding hydrogens is 536 g/mol. The molecule has 0 fully saturated rings. The van der Waals surface area contributed by atoms with Crippen LogP contribution in [0.4, 0.5) is 11.4 Å². The number of thiol groups is 1. The molecule has 4 unspecified atom stereocenters. The molecular formula is C32H34N4O4S. The Kier molecular flexibility index (Phi) is 7.64. The summed E-state index contributed by atoms with van der Waals surface area (Å²) in [6, 6.07) is 21.5. The van der Waals surface area contributed by atoms with Crippen molar-refractivity contribution in [3.8, 4) is 11.5 Å². The van der Waals surface area contributed by atoms with Gasteiger partial charge in [0.1, 0.15) is 6.10 Å². The first-order chi connectivity index (χ1) is 20.0. The van der Waals surface area contributed by atoms with Crippen LogP contribution >= 0.6 is 12.6 Å². The molecule has 0 radical (unpaired) electrons. The lowest BCUT2D eigenvalue weighted by Crippen LogP contribution is -2.57. The number of benzene rings is 3. The number of para-hydroxylation sites is 2. The molecule has 212 valence electrons. The number of amides is 1. The van der Waals surface area contributed by atoms with Crippen LogP contribution in [0.3, 0.4) is 0 Å². The molecule has 8 nitrogen and oxygen atoms in total. The Labute approximate surface area is 245 Å². The number of rotatable bonds is 7. The van der Waals surface area contributed by atoms with E-state index in [0.717, 1.165) is 30.6 Å². The van der Waals surface area contributed by atoms with Crippen molar-refractivity contribution >= 4 is 29.9 Å². The number of nitrogens with zero attached hydrogens (tertiary/aromatic N) is 4. The number of aromatic nitrogens is 2. The van der Waals surface area contributed by atoms with Crippen LogP contribution in [0.25, 0.3) is 0 Å². The van der Waals surface area contributed by atoms with E-state index in [1.165, 1.54) is 11.3 Å². The third-order valence-corrected chi connectivity index (χ3v) is 8.49. The fourth-order valence-corrected chi connectivity index (χ4v) is 6.44. The van der Waals surface area contributed by atoms with Gasteiger partial charge in [-0.25, -0.2) is 4.98 Å². The first-order valence-corrected chi connectivity index (χ1v) is 14.3. The van der Waals surface area contributed by atoms with Crippen LogP contribution < -0.4 is 19.3 Å². The highest BCUT2D eigenvalue weighted by atomic mass is 32.1. The normalized spacial score (nSPS) is 20.6. The van der Waals surface area contributed by atoms with E-state index in [0.29, 0.717) is 17.1 Å². The van der Waals surface area contributed by atoms with Crippen molar-refractivity contribution < 1.29 is 19.0 Å². The predicted octanol–water partition coefficient (Wildman–Crippen LogP) is 5.91. The lowest BCUT2D eigenvalue weighted by atomic mass is 9.85. The first kappa shape index (κ1) is 27.2. The highest BCUT2D eigenvalue weighted by Crippen LogP contribution is 2.47. The molecule has 1 aromatic heterocycles. The van der Waals surface area contributed by atoms with Gasteiger partial charge >= 0.3 is 0 Å². The van der Waals surface area contributed by atoms with Gasteiger partial charge in [-0.05, 0) is 55.7 Å². The number of fused-ring (bicyclic) bond motifs is 2. The molecule has 0 saturated carbocycles. The van der Waals surface area contributed by atoms with Crippen molar-refractivity contribution in [1.29, 1.82) is 0 Å². The summed E-state index contributed by atoms with van der Waals surface area (Å²) >= 11 is 4.81. The summed E-state index contributed by atoms with van der Waals surface area (Å²) in [5, 5.41) is 0. The van der Waals surface area contributed by atoms with Crippen molar-refractivity contribution in [1.82, 2.24) is 9.55 Å². The maximum absolute atomic E-state index is 14.3. The highest BCUT2D eigenvalue weighted by Gasteiger charge is 2.46. The highest BCUT2D eigenvalue weighted by molar-refractivity contribution is 7.80. The average Bonchev–Trinajstić information content (AvgIpc) is 3.56. The average molecular weight is 571 g/mol. The van der Waals surface area contributed by atoms with Gasteiger partial charge in [-0.3, -0.25) is 4.79 Å². The molecule has 6 rings (SSSR count). The Morgan fingerprint density at radius 3 is 2.51 bits per heavy atom. The number of imidazole rings is 1. The molecule has 0 saturated heterocycles. The molecule has 2 aliphatic rings. The summed E-state index contributed by atoms with van der Waals surface area (Å²) in [5.74, 6) is 0.928. The van der Waals surface area contributed by atoms with E-state index >= 15 is 0 Å². The Morgan fingerprint density at radius 2 is 1.76 bits per heavy atom. The van der Waals surface area contributed by atoms with Crippen LogP contribution in [0.5, 0.6) is 11.5 Å². The van der Waals surface area contributed by atoms with Gasteiger partial charge in [0.05, 0.1) is 32.6 Å². The van der Waals surface area contributed by atoms with Gasteiger partial charge in [0.2, 0.25) is 0 Å². The minimum Gasteiger partial charge on any atom is -0.493 e. The summed E-state index contributed by atoms with van der Waals surface area (Å²) in [7, 11) is 3.15.